The number of nitrogens with two attached hydrogens (primary N) is 1. The molecule has 2 N–H and O–H groups in total. The highest BCUT2D eigenvalue weighted by Crippen LogP contribution is 2.15. The van der Waals surface area contributed by atoms with Crippen molar-refractivity contribution in [3.8, 4) is 0 Å². The van der Waals surface area contributed by atoms with E-state index in [1.165, 1.54) is 0 Å². The van der Waals surface area contributed by atoms with Crippen LogP contribution in [0.4, 0.5) is 0 Å². The monoisotopic (exact) mass is 349 g/mol. The summed E-state index contributed by atoms with van der Waals surface area (Å²) < 4.78 is 2.04. The number of fused-ring (bicyclic) bond motifs is 1. The Kier molecular flexibility index (Phi) is 4.69. The number of hydrogen-bond donors (Lipinski definition) is 1. The maximum absolute atomic E-state index is 12.6. The molecule has 3 aromatic rings. The SMILES string of the molecule is NC(C(=O)N1CCN(Cc2cn3ccccc3n2)CC1)c1ccccc1. The van der Waals surface area contributed by atoms with Crippen molar-refractivity contribution in [3.63, 3.8) is 0 Å². The minimum atomic E-state index is -0.582. The smallest absolute Gasteiger partial charge is 0.244 e. The number of rotatable bonds is 4. The number of imidazole rings is 1. The molecule has 1 aliphatic rings. The van der Waals surface area contributed by atoms with Crippen LogP contribution < -0.4 is 5.73 Å². The van der Waals surface area contributed by atoms with Crippen LogP contribution in [-0.4, -0.2) is 51.3 Å². The van der Waals surface area contributed by atoms with Crippen molar-refractivity contribution >= 4 is 11.6 Å². The molecule has 134 valence electrons. The fourth-order valence-electron chi connectivity index (χ4n) is 3.42. The number of benzene rings is 1. The molecular weight excluding hydrogens is 326 g/mol. The standard InChI is InChI=1S/C20H23N5O/c21-19(16-6-2-1-3-7-16)20(26)24-12-10-23(11-13-24)14-17-15-25-9-5-4-8-18(25)22-17/h1-9,15,19H,10-14,21H2. The number of piperazine rings is 1. The van der Waals surface area contributed by atoms with Gasteiger partial charge in [-0.2, -0.15) is 0 Å². The maximum Gasteiger partial charge on any atom is 0.244 e. The highest BCUT2D eigenvalue weighted by molar-refractivity contribution is 5.83. The Balaban J connectivity index is 1.34. The lowest BCUT2D eigenvalue weighted by Crippen LogP contribution is -2.50. The lowest BCUT2D eigenvalue weighted by Gasteiger charge is -2.35. The van der Waals surface area contributed by atoms with Crippen molar-refractivity contribution in [2.75, 3.05) is 26.2 Å². The van der Waals surface area contributed by atoms with E-state index in [1.54, 1.807) is 0 Å². The van der Waals surface area contributed by atoms with Crippen LogP contribution in [0.2, 0.25) is 0 Å². The summed E-state index contributed by atoms with van der Waals surface area (Å²) in [7, 11) is 0. The third kappa shape index (κ3) is 3.47. The second-order valence-corrected chi connectivity index (χ2v) is 6.69. The lowest BCUT2D eigenvalue weighted by atomic mass is 10.1. The van der Waals surface area contributed by atoms with Gasteiger partial charge in [0.25, 0.3) is 0 Å². The molecule has 1 amide bonds. The number of aromatic nitrogens is 2. The van der Waals surface area contributed by atoms with Gasteiger partial charge in [0, 0.05) is 45.1 Å². The molecule has 26 heavy (non-hydrogen) atoms. The zero-order valence-electron chi connectivity index (χ0n) is 14.7. The van der Waals surface area contributed by atoms with E-state index >= 15 is 0 Å². The van der Waals surface area contributed by atoms with E-state index in [0.29, 0.717) is 13.1 Å². The molecule has 0 saturated carbocycles. The number of pyridine rings is 1. The highest BCUT2D eigenvalue weighted by Gasteiger charge is 2.26. The van der Waals surface area contributed by atoms with Crippen molar-refractivity contribution in [2.24, 2.45) is 5.73 Å². The van der Waals surface area contributed by atoms with Crippen molar-refractivity contribution in [3.05, 3.63) is 72.2 Å². The van der Waals surface area contributed by atoms with Crippen LogP contribution >= 0.6 is 0 Å². The van der Waals surface area contributed by atoms with Crippen LogP contribution in [0.25, 0.3) is 5.65 Å². The lowest BCUT2D eigenvalue weighted by molar-refractivity contribution is -0.134. The summed E-state index contributed by atoms with van der Waals surface area (Å²) in [6.45, 7) is 3.87. The van der Waals surface area contributed by atoms with Crippen molar-refractivity contribution in [2.45, 2.75) is 12.6 Å². The summed E-state index contributed by atoms with van der Waals surface area (Å²) in [5, 5.41) is 0. The third-order valence-electron chi connectivity index (χ3n) is 4.91. The van der Waals surface area contributed by atoms with E-state index in [4.69, 9.17) is 5.73 Å². The molecule has 0 radical (unpaired) electrons. The van der Waals surface area contributed by atoms with Gasteiger partial charge in [0.1, 0.15) is 11.7 Å². The summed E-state index contributed by atoms with van der Waals surface area (Å²) in [5.41, 5.74) is 9.03. The minimum absolute atomic E-state index is 0.00331. The molecule has 1 aliphatic heterocycles. The van der Waals surface area contributed by atoms with Gasteiger partial charge in [-0.1, -0.05) is 36.4 Å². The first-order valence-electron chi connectivity index (χ1n) is 8.95. The van der Waals surface area contributed by atoms with Gasteiger partial charge >= 0.3 is 0 Å². The Morgan fingerprint density at radius 1 is 1.04 bits per heavy atom. The summed E-state index contributed by atoms with van der Waals surface area (Å²) >= 11 is 0. The molecule has 6 heteroatoms. The first-order chi connectivity index (χ1) is 12.7. The van der Waals surface area contributed by atoms with Gasteiger partial charge in [0.2, 0.25) is 5.91 Å². The van der Waals surface area contributed by atoms with Crippen LogP contribution in [0.3, 0.4) is 0 Å². The predicted molar refractivity (Wildman–Crippen MR) is 100 cm³/mol. The van der Waals surface area contributed by atoms with Crippen LogP contribution in [0.15, 0.2) is 60.9 Å². The molecule has 0 aliphatic carbocycles. The molecule has 1 fully saturated rings. The average molecular weight is 349 g/mol. The predicted octanol–water partition coefficient (Wildman–Crippen LogP) is 1.68. The fourth-order valence-corrected chi connectivity index (χ4v) is 3.42. The Morgan fingerprint density at radius 3 is 2.50 bits per heavy atom. The van der Waals surface area contributed by atoms with E-state index in [-0.39, 0.29) is 5.91 Å². The molecule has 0 bridgehead atoms. The van der Waals surface area contributed by atoms with E-state index in [2.05, 4.69) is 16.1 Å². The van der Waals surface area contributed by atoms with Gasteiger partial charge in [0.15, 0.2) is 0 Å². The van der Waals surface area contributed by atoms with Crippen LogP contribution in [0.1, 0.15) is 17.3 Å². The van der Waals surface area contributed by atoms with Gasteiger partial charge in [-0.3, -0.25) is 9.69 Å². The Hall–Kier alpha value is -2.70. The van der Waals surface area contributed by atoms with Crippen molar-refractivity contribution in [1.29, 1.82) is 0 Å². The zero-order chi connectivity index (χ0) is 17.9. The number of carbonyl (C=O) groups is 1. The molecule has 3 heterocycles. The maximum atomic E-state index is 12.6. The normalized spacial score (nSPS) is 16.7. The average Bonchev–Trinajstić information content (AvgIpc) is 3.10. The largest absolute Gasteiger partial charge is 0.338 e. The van der Waals surface area contributed by atoms with Crippen LogP contribution in [0.5, 0.6) is 0 Å². The first-order valence-corrected chi connectivity index (χ1v) is 8.95. The molecule has 1 aromatic carbocycles. The molecule has 1 unspecified atom stereocenters. The second kappa shape index (κ2) is 7.27. The number of hydrogen-bond acceptors (Lipinski definition) is 4. The number of carbonyl (C=O) groups excluding carboxylic acids is 1. The van der Waals surface area contributed by atoms with Crippen molar-refractivity contribution < 1.29 is 4.79 Å². The topological polar surface area (TPSA) is 66.9 Å². The van der Waals surface area contributed by atoms with Crippen molar-refractivity contribution in [1.82, 2.24) is 19.2 Å². The molecule has 0 spiro atoms. The summed E-state index contributed by atoms with van der Waals surface area (Å²) in [6, 6.07) is 15.0. The Labute approximate surface area is 152 Å². The second-order valence-electron chi connectivity index (χ2n) is 6.69. The van der Waals surface area contributed by atoms with E-state index in [9.17, 15) is 4.79 Å². The summed E-state index contributed by atoms with van der Waals surface area (Å²) in [5.74, 6) is 0.00331. The zero-order valence-corrected chi connectivity index (χ0v) is 14.7. The fraction of sp³-hybridized carbons (Fsp3) is 0.300. The van der Waals surface area contributed by atoms with Crippen LogP contribution in [0, 0.1) is 0 Å². The van der Waals surface area contributed by atoms with Gasteiger partial charge in [-0.05, 0) is 17.7 Å². The molecular formula is C20H23N5O. The number of nitrogens with zero attached hydrogens (tertiary/aromatic N) is 4. The molecule has 1 saturated heterocycles. The van der Waals surface area contributed by atoms with Crippen LogP contribution in [-0.2, 0) is 11.3 Å². The molecule has 4 rings (SSSR count). The highest BCUT2D eigenvalue weighted by atomic mass is 16.2. The van der Waals surface area contributed by atoms with E-state index < -0.39 is 6.04 Å². The summed E-state index contributed by atoms with van der Waals surface area (Å²) in [4.78, 5) is 21.5. The minimum Gasteiger partial charge on any atom is -0.338 e. The van der Waals surface area contributed by atoms with E-state index in [0.717, 1.165) is 36.5 Å². The molecule has 2 aromatic heterocycles. The van der Waals surface area contributed by atoms with Gasteiger partial charge in [0.05, 0.1) is 5.69 Å². The molecule has 1 atom stereocenters. The summed E-state index contributed by atoms with van der Waals surface area (Å²) in [6.07, 6.45) is 4.07. The molecule has 6 nitrogen and oxygen atoms in total. The first kappa shape index (κ1) is 16.8. The Morgan fingerprint density at radius 2 is 1.77 bits per heavy atom. The van der Waals surface area contributed by atoms with Gasteiger partial charge in [-0.25, -0.2) is 4.98 Å². The quantitative estimate of drug-likeness (QED) is 0.778. The van der Waals surface area contributed by atoms with Gasteiger partial charge in [-0.15, -0.1) is 0 Å². The van der Waals surface area contributed by atoms with Gasteiger partial charge < -0.3 is 15.0 Å². The third-order valence-corrected chi connectivity index (χ3v) is 4.91. The Bertz CT molecular complexity index is 850. The number of amides is 1. The van der Waals surface area contributed by atoms with E-state index in [1.807, 2.05) is 64.0 Å².